The Morgan fingerprint density at radius 3 is 2.75 bits per heavy atom. The smallest absolute Gasteiger partial charge is 0.336 e. The summed E-state index contributed by atoms with van der Waals surface area (Å²) in [6, 6.07) is 15.1. The van der Waals surface area contributed by atoms with E-state index in [1.807, 2.05) is 49.4 Å². The quantitative estimate of drug-likeness (QED) is 0.762. The molecule has 3 rings (SSSR count). The molecule has 0 unspecified atom stereocenters. The molecule has 1 N–H and O–H groups in total. The number of aromatic nitrogens is 1. The monoisotopic (exact) mass is 263 g/mol. The van der Waals surface area contributed by atoms with E-state index in [9.17, 15) is 9.90 Å². The molecule has 3 aromatic rings. The molecule has 3 nitrogen and oxygen atoms in total. The SMILES string of the molecule is Cc1ccc(-c2ccc3ncccc3c2)c(C(=O)O)c1. The van der Waals surface area contributed by atoms with Gasteiger partial charge < -0.3 is 5.11 Å². The first-order valence-corrected chi connectivity index (χ1v) is 6.34. The molecule has 0 spiro atoms. The first kappa shape index (κ1) is 12.4. The number of carboxylic acids is 1. The zero-order valence-corrected chi connectivity index (χ0v) is 11.0. The van der Waals surface area contributed by atoms with Gasteiger partial charge in [0.25, 0.3) is 0 Å². The second-order valence-corrected chi connectivity index (χ2v) is 4.77. The molecule has 98 valence electrons. The lowest BCUT2D eigenvalue weighted by Gasteiger charge is -2.08. The van der Waals surface area contributed by atoms with Crippen molar-refractivity contribution in [2.24, 2.45) is 0 Å². The van der Waals surface area contributed by atoms with Gasteiger partial charge in [0.2, 0.25) is 0 Å². The van der Waals surface area contributed by atoms with Crippen LogP contribution in [-0.2, 0) is 0 Å². The van der Waals surface area contributed by atoms with Gasteiger partial charge in [-0.05, 0) is 42.3 Å². The van der Waals surface area contributed by atoms with Gasteiger partial charge in [-0.3, -0.25) is 4.98 Å². The Morgan fingerprint density at radius 2 is 1.95 bits per heavy atom. The fourth-order valence-corrected chi connectivity index (χ4v) is 2.33. The minimum absolute atomic E-state index is 0.327. The van der Waals surface area contributed by atoms with Crippen molar-refractivity contribution in [3.05, 3.63) is 65.9 Å². The third-order valence-electron chi connectivity index (χ3n) is 3.32. The number of carboxylic acid groups (broad SMARTS) is 1. The molecule has 0 bridgehead atoms. The summed E-state index contributed by atoms with van der Waals surface area (Å²) in [6.45, 7) is 1.89. The maximum Gasteiger partial charge on any atom is 0.336 e. The molecule has 0 saturated carbocycles. The summed E-state index contributed by atoms with van der Waals surface area (Å²) in [4.78, 5) is 15.7. The van der Waals surface area contributed by atoms with Gasteiger partial charge in [-0.2, -0.15) is 0 Å². The average molecular weight is 263 g/mol. The van der Waals surface area contributed by atoms with Crippen LogP contribution in [-0.4, -0.2) is 16.1 Å². The molecule has 1 heterocycles. The molecule has 0 fully saturated rings. The fourth-order valence-electron chi connectivity index (χ4n) is 2.33. The summed E-state index contributed by atoms with van der Waals surface area (Å²) < 4.78 is 0. The molecule has 0 aliphatic heterocycles. The van der Waals surface area contributed by atoms with Crippen LogP contribution in [0.3, 0.4) is 0 Å². The predicted molar refractivity (Wildman–Crippen MR) is 78.9 cm³/mol. The van der Waals surface area contributed by atoms with Crippen LogP contribution in [0.2, 0.25) is 0 Å². The number of pyridine rings is 1. The summed E-state index contributed by atoms with van der Waals surface area (Å²) in [6.07, 6.45) is 1.75. The third-order valence-corrected chi connectivity index (χ3v) is 3.32. The summed E-state index contributed by atoms with van der Waals surface area (Å²) >= 11 is 0. The van der Waals surface area contributed by atoms with Crippen molar-refractivity contribution < 1.29 is 9.90 Å². The maximum absolute atomic E-state index is 11.4. The van der Waals surface area contributed by atoms with Crippen molar-refractivity contribution in [3.8, 4) is 11.1 Å². The largest absolute Gasteiger partial charge is 0.478 e. The lowest BCUT2D eigenvalue weighted by atomic mass is 9.97. The van der Waals surface area contributed by atoms with E-state index in [2.05, 4.69) is 4.98 Å². The van der Waals surface area contributed by atoms with Crippen LogP contribution in [0.4, 0.5) is 0 Å². The Balaban J connectivity index is 2.22. The van der Waals surface area contributed by atoms with E-state index >= 15 is 0 Å². The molecule has 0 aliphatic carbocycles. The Labute approximate surface area is 116 Å². The topological polar surface area (TPSA) is 50.2 Å². The van der Waals surface area contributed by atoms with E-state index in [0.29, 0.717) is 5.56 Å². The first-order chi connectivity index (χ1) is 9.65. The van der Waals surface area contributed by atoms with Gasteiger partial charge in [-0.25, -0.2) is 4.79 Å². The number of hydrogen-bond acceptors (Lipinski definition) is 2. The highest BCUT2D eigenvalue weighted by Crippen LogP contribution is 2.27. The number of aryl methyl sites for hydroxylation is 1. The molecule has 0 saturated heterocycles. The fraction of sp³-hybridized carbons (Fsp3) is 0.0588. The van der Waals surface area contributed by atoms with Crippen molar-refractivity contribution >= 4 is 16.9 Å². The van der Waals surface area contributed by atoms with Crippen LogP contribution >= 0.6 is 0 Å². The molecule has 3 heteroatoms. The Hall–Kier alpha value is -2.68. The van der Waals surface area contributed by atoms with Crippen LogP contribution in [0, 0.1) is 6.92 Å². The number of aromatic carboxylic acids is 1. The highest BCUT2D eigenvalue weighted by Gasteiger charge is 2.12. The molecule has 20 heavy (non-hydrogen) atoms. The van der Waals surface area contributed by atoms with E-state index in [1.165, 1.54) is 0 Å². The summed E-state index contributed by atoms with van der Waals surface area (Å²) in [5.74, 6) is -0.907. The van der Waals surface area contributed by atoms with Gasteiger partial charge in [0.05, 0.1) is 11.1 Å². The van der Waals surface area contributed by atoms with Crippen molar-refractivity contribution in [1.29, 1.82) is 0 Å². The first-order valence-electron chi connectivity index (χ1n) is 6.34. The maximum atomic E-state index is 11.4. The Bertz CT molecular complexity index is 809. The van der Waals surface area contributed by atoms with E-state index in [4.69, 9.17) is 0 Å². The number of rotatable bonds is 2. The zero-order chi connectivity index (χ0) is 14.1. The van der Waals surface area contributed by atoms with Gasteiger partial charge in [0.15, 0.2) is 0 Å². The number of nitrogens with zero attached hydrogens (tertiary/aromatic N) is 1. The van der Waals surface area contributed by atoms with E-state index in [1.54, 1.807) is 12.3 Å². The highest BCUT2D eigenvalue weighted by molar-refractivity contribution is 5.97. The van der Waals surface area contributed by atoms with Crippen molar-refractivity contribution in [1.82, 2.24) is 4.98 Å². The summed E-state index contributed by atoms with van der Waals surface area (Å²) in [5.41, 5.74) is 3.79. The number of fused-ring (bicyclic) bond motifs is 1. The van der Waals surface area contributed by atoms with E-state index in [-0.39, 0.29) is 0 Å². The van der Waals surface area contributed by atoms with Crippen molar-refractivity contribution in [3.63, 3.8) is 0 Å². The van der Waals surface area contributed by atoms with Crippen LogP contribution < -0.4 is 0 Å². The van der Waals surface area contributed by atoms with Crippen LogP contribution in [0.5, 0.6) is 0 Å². The lowest BCUT2D eigenvalue weighted by molar-refractivity contribution is 0.0697. The zero-order valence-electron chi connectivity index (χ0n) is 11.0. The minimum Gasteiger partial charge on any atom is -0.478 e. The normalized spacial score (nSPS) is 10.7. The average Bonchev–Trinajstić information content (AvgIpc) is 2.46. The van der Waals surface area contributed by atoms with Gasteiger partial charge >= 0.3 is 5.97 Å². The van der Waals surface area contributed by atoms with E-state index < -0.39 is 5.97 Å². The number of carbonyl (C=O) groups is 1. The van der Waals surface area contributed by atoms with Crippen LogP contribution in [0.1, 0.15) is 15.9 Å². The third kappa shape index (κ3) is 2.14. The number of benzene rings is 2. The molecule has 0 amide bonds. The minimum atomic E-state index is -0.907. The van der Waals surface area contributed by atoms with E-state index in [0.717, 1.165) is 27.6 Å². The van der Waals surface area contributed by atoms with Crippen LogP contribution in [0.15, 0.2) is 54.7 Å². The molecule has 0 aliphatic rings. The van der Waals surface area contributed by atoms with Gasteiger partial charge in [0.1, 0.15) is 0 Å². The standard InChI is InChI=1S/C17H13NO2/c1-11-4-6-14(15(9-11)17(19)20)12-5-7-16-13(10-12)3-2-8-18-16/h2-10H,1H3,(H,19,20). The van der Waals surface area contributed by atoms with Gasteiger partial charge in [-0.15, -0.1) is 0 Å². The summed E-state index contributed by atoms with van der Waals surface area (Å²) in [5, 5.41) is 10.4. The van der Waals surface area contributed by atoms with Crippen molar-refractivity contribution in [2.75, 3.05) is 0 Å². The molecule has 0 atom stereocenters. The van der Waals surface area contributed by atoms with Gasteiger partial charge in [-0.1, -0.05) is 29.8 Å². The number of hydrogen-bond donors (Lipinski definition) is 1. The Kier molecular flexibility index (Phi) is 2.95. The second-order valence-electron chi connectivity index (χ2n) is 4.77. The molecular formula is C17H13NO2. The van der Waals surface area contributed by atoms with Crippen LogP contribution in [0.25, 0.3) is 22.0 Å². The molecule has 1 aromatic heterocycles. The second kappa shape index (κ2) is 4.78. The highest BCUT2D eigenvalue weighted by atomic mass is 16.4. The molecular weight excluding hydrogens is 250 g/mol. The molecule has 0 radical (unpaired) electrons. The Morgan fingerprint density at radius 1 is 1.10 bits per heavy atom. The molecule has 2 aromatic carbocycles. The predicted octanol–water partition coefficient (Wildman–Crippen LogP) is 3.91. The lowest BCUT2D eigenvalue weighted by Crippen LogP contribution is -2.00. The van der Waals surface area contributed by atoms with Gasteiger partial charge in [0, 0.05) is 11.6 Å². The van der Waals surface area contributed by atoms with Crippen molar-refractivity contribution in [2.45, 2.75) is 6.92 Å². The summed E-state index contributed by atoms with van der Waals surface area (Å²) in [7, 11) is 0.